The van der Waals surface area contributed by atoms with Gasteiger partial charge in [-0.15, -0.1) is 5.10 Å². The lowest BCUT2D eigenvalue weighted by molar-refractivity contribution is -0.137. The first-order valence-electron chi connectivity index (χ1n) is 10.1. The molecular weight excluding hydrogens is 433 g/mol. The summed E-state index contributed by atoms with van der Waals surface area (Å²) in [6.07, 6.45) is -4.39. The van der Waals surface area contributed by atoms with Crippen molar-refractivity contribution in [3.05, 3.63) is 72.1 Å². The number of aliphatic hydroxyl groups is 1. The van der Waals surface area contributed by atoms with Crippen molar-refractivity contribution in [3.63, 3.8) is 0 Å². The Balaban J connectivity index is 0.00000171. The monoisotopic (exact) mass is 456 g/mol. The van der Waals surface area contributed by atoms with Gasteiger partial charge >= 0.3 is 6.18 Å². The zero-order valence-electron chi connectivity index (χ0n) is 17.6. The van der Waals surface area contributed by atoms with Gasteiger partial charge in [-0.05, 0) is 62.4 Å². The van der Waals surface area contributed by atoms with Crippen molar-refractivity contribution >= 4 is 28.3 Å². The normalized spacial score (nSPS) is 12.5. The van der Waals surface area contributed by atoms with Gasteiger partial charge in [0.25, 0.3) is 0 Å². The molecule has 0 aliphatic rings. The summed E-state index contributed by atoms with van der Waals surface area (Å²) in [5.41, 5.74) is 2.31. The third-order valence-electron chi connectivity index (χ3n) is 5.19. The molecule has 0 saturated carbocycles. The van der Waals surface area contributed by atoms with Crippen LogP contribution in [-0.4, -0.2) is 29.7 Å². The number of imidazole rings is 1. The van der Waals surface area contributed by atoms with Crippen molar-refractivity contribution < 1.29 is 21.1 Å². The number of nitrogens with zero attached hydrogens (tertiary/aromatic N) is 4. The molecule has 5 rings (SSSR count). The molecule has 2 aromatic carbocycles. The molecule has 3 aromatic heterocycles. The smallest absolute Gasteiger partial charge is 0.383 e. The van der Waals surface area contributed by atoms with Gasteiger partial charge in [0, 0.05) is 14.1 Å². The summed E-state index contributed by atoms with van der Waals surface area (Å²) in [5, 5.41) is 17.7. The molecule has 0 bridgehead atoms. The van der Waals surface area contributed by atoms with Crippen LogP contribution >= 0.6 is 0 Å². The number of fused-ring (bicyclic) bond motifs is 2. The van der Waals surface area contributed by atoms with Crippen LogP contribution in [0.1, 0.15) is 28.1 Å². The molecule has 33 heavy (non-hydrogen) atoms. The van der Waals surface area contributed by atoms with Gasteiger partial charge in [-0.3, -0.25) is 0 Å². The molecule has 0 saturated heterocycles. The Morgan fingerprint density at radius 3 is 2.45 bits per heavy atom. The molecular formula is C23H23F3N6O. The lowest BCUT2D eigenvalue weighted by Gasteiger charge is -2.12. The quantitative estimate of drug-likeness (QED) is 0.320. The van der Waals surface area contributed by atoms with E-state index < -0.39 is 17.3 Å². The van der Waals surface area contributed by atoms with Gasteiger partial charge in [0.1, 0.15) is 11.4 Å². The lowest BCUT2D eigenvalue weighted by Crippen LogP contribution is -2.17. The number of benzene rings is 2. The van der Waals surface area contributed by atoms with Gasteiger partial charge in [0.05, 0.1) is 22.3 Å². The number of alkyl halides is 3. The molecule has 0 spiro atoms. The molecule has 5 aromatic rings. The van der Waals surface area contributed by atoms with Crippen LogP contribution in [0.5, 0.6) is 0 Å². The van der Waals surface area contributed by atoms with Gasteiger partial charge in [0.15, 0.2) is 5.65 Å². The Labute approximate surface area is 188 Å². The molecule has 0 atom stereocenters. The summed E-state index contributed by atoms with van der Waals surface area (Å²) in [6.45, 7) is 3.32. The second-order valence-electron chi connectivity index (χ2n) is 8.19. The van der Waals surface area contributed by atoms with Crippen LogP contribution in [0.4, 0.5) is 24.8 Å². The highest BCUT2D eigenvalue weighted by molar-refractivity contribution is 5.81. The van der Waals surface area contributed by atoms with E-state index in [4.69, 9.17) is 0 Å². The standard InChI is InChI=1S/C23H19F3N6O.2H2/c1-22(2,33)20-28-16-11-6-13(12-17(16)29-20)18-4-3-5-19-30-21(31-32(18)19)27-15-9-7-14(8-10-15)23(24,25)26;;/h3-12,33H,1-2H3,(H,27,31)(H,28,29);2*1H. The number of aromatic nitrogens is 5. The molecule has 10 heteroatoms. The Hall–Kier alpha value is -3.92. The number of anilines is 2. The minimum Gasteiger partial charge on any atom is -0.383 e. The second-order valence-corrected chi connectivity index (χ2v) is 8.19. The number of H-pyrrole nitrogens is 1. The predicted molar refractivity (Wildman–Crippen MR) is 122 cm³/mol. The first-order valence-corrected chi connectivity index (χ1v) is 10.1. The molecule has 0 amide bonds. The number of hydrogen-bond donors (Lipinski definition) is 3. The summed E-state index contributed by atoms with van der Waals surface area (Å²) < 4.78 is 40.0. The topological polar surface area (TPSA) is 91.1 Å². The van der Waals surface area contributed by atoms with E-state index in [9.17, 15) is 18.3 Å². The van der Waals surface area contributed by atoms with Crippen LogP contribution < -0.4 is 5.32 Å². The van der Waals surface area contributed by atoms with Gasteiger partial charge in [-0.1, -0.05) is 12.1 Å². The fraction of sp³-hybridized carbons (Fsp3) is 0.174. The van der Waals surface area contributed by atoms with E-state index in [2.05, 4.69) is 25.4 Å². The summed E-state index contributed by atoms with van der Waals surface area (Å²) in [6, 6.07) is 15.9. The van der Waals surface area contributed by atoms with Crippen LogP contribution in [0.15, 0.2) is 60.7 Å². The van der Waals surface area contributed by atoms with Crippen LogP contribution in [-0.2, 0) is 11.8 Å². The van der Waals surface area contributed by atoms with Crippen molar-refractivity contribution in [3.8, 4) is 11.3 Å². The average molecular weight is 456 g/mol. The SMILES string of the molecule is CC(C)(O)c1nc2ccc(-c3cccc4nc(Nc5ccc(C(F)(F)F)cc5)nn34)cc2[nH]1.[HH].[HH]. The van der Waals surface area contributed by atoms with Gasteiger partial charge in [-0.2, -0.15) is 18.2 Å². The van der Waals surface area contributed by atoms with Crippen LogP contribution in [0.25, 0.3) is 27.9 Å². The number of rotatable bonds is 4. The predicted octanol–water partition coefficient (Wildman–Crippen LogP) is 5.75. The molecule has 0 unspecified atom stereocenters. The van der Waals surface area contributed by atoms with E-state index >= 15 is 0 Å². The van der Waals surface area contributed by atoms with Gasteiger partial charge < -0.3 is 15.4 Å². The van der Waals surface area contributed by atoms with E-state index in [1.807, 2.05) is 30.3 Å². The molecule has 0 aliphatic carbocycles. The molecule has 3 heterocycles. The van der Waals surface area contributed by atoms with Gasteiger partial charge in [-0.25, -0.2) is 9.50 Å². The first kappa shape index (κ1) is 21.0. The number of aromatic amines is 1. The van der Waals surface area contributed by atoms with E-state index in [-0.39, 0.29) is 8.80 Å². The van der Waals surface area contributed by atoms with Crippen LogP contribution in [0, 0.1) is 0 Å². The summed E-state index contributed by atoms with van der Waals surface area (Å²) in [4.78, 5) is 12.0. The van der Waals surface area contributed by atoms with Gasteiger partial charge in [0.2, 0.25) is 5.95 Å². The third kappa shape index (κ3) is 4.00. The Bertz CT molecular complexity index is 1470. The first-order chi connectivity index (χ1) is 15.6. The van der Waals surface area contributed by atoms with Crippen LogP contribution in [0.2, 0.25) is 0 Å². The summed E-state index contributed by atoms with van der Waals surface area (Å²) >= 11 is 0. The van der Waals surface area contributed by atoms with E-state index in [1.165, 1.54) is 12.1 Å². The molecule has 7 nitrogen and oxygen atoms in total. The van der Waals surface area contributed by atoms with E-state index in [0.717, 1.165) is 34.4 Å². The number of nitrogens with one attached hydrogen (secondary N) is 2. The highest BCUT2D eigenvalue weighted by Gasteiger charge is 2.30. The van der Waals surface area contributed by atoms with Crippen LogP contribution in [0.3, 0.4) is 0 Å². The zero-order valence-corrected chi connectivity index (χ0v) is 17.6. The van der Waals surface area contributed by atoms with E-state index in [0.29, 0.717) is 17.2 Å². The summed E-state index contributed by atoms with van der Waals surface area (Å²) in [5.74, 6) is 0.728. The highest BCUT2D eigenvalue weighted by atomic mass is 19.4. The Morgan fingerprint density at radius 1 is 1.00 bits per heavy atom. The van der Waals surface area contributed by atoms with Crippen molar-refractivity contribution in [2.75, 3.05) is 5.32 Å². The fourth-order valence-electron chi connectivity index (χ4n) is 3.51. The molecule has 172 valence electrons. The molecule has 0 aliphatic heterocycles. The maximum atomic E-state index is 12.8. The van der Waals surface area contributed by atoms with Crippen molar-refractivity contribution in [1.82, 2.24) is 24.6 Å². The average Bonchev–Trinajstić information content (AvgIpc) is 3.36. The van der Waals surface area contributed by atoms with Crippen molar-refractivity contribution in [2.45, 2.75) is 25.6 Å². The van der Waals surface area contributed by atoms with Crippen molar-refractivity contribution in [1.29, 1.82) is 0 Å². The highest BCUT2D eigenvalue weighted by Crippen LogP contribution is 2.31. The second kappa shape index (κ2) is 7.31. The Kier molecular flexibility index (Phi) is 4.64. The zero-order chi connectivity index (χ0) is 23.4. The minimum absolute atomic E-state index is 0. The number of pyridine rings is 1. The number of hydrogen-bond acceptors (Lipinski definition) is 5. The minimum atomic E-state index is -4.39. The molecule has 3 N–H and O–H groups in total. The van der Waals surface area contributed by atoms with Crippen molar-refractivity contribution in [2.24, 2.45) is 0 Å². The largest absolute Gasteiger partial charge is 0.416 e. The fourth-order valence-corrected chi connectivity index (χ4v) is 3.51. The molecule has 0 radical (unpaired) electrons. The number of halogens is 3. The maximum absolute atomic E-state index is 12.8. The lowest BCUT2D eigenvalue weighted by atomic mass is 10.1. The maximum Gasteiger partial charge on any atom is 0.416 e. The Morgan fingerprint density at radius 2 is 1.76 bits per heavy atom. The molecule has 0 fully saturated rings. The van der Waals surface area contributed by atoms with E-state index in [1.54, 1.807) is 24.4 Å². The summed E-state index contributed by atoms with van der Waals surface area (Å²) in [7, 11) is 0. The third-order valence-corrected chi connectivity index (χ3v) is 5.19.